The molecule has 0 aliphatic carbocycles. The quantitative estimate of drug-likeness (QED) is 0.419. The summed E-state index contributed by atoms with van der Waals surface area (Å²) in [5.74, 6) is -2.62. The topological polar surface area (TPSA) is 143 Å². The summed E-state index contributed by atoms with van der Waals surface area (Å²) in [6.45, 7) is 4.35. The third kappa shape index (κ3) is 5.94. The summed E-state index contributed by atoms with van der Waals surface area (Å²) in [6, 6.07) is 14.2. The van der Waals surface area contributed by atoms with Gasteiger partial charge < -0.3 is 9.47 Å². The third-order valence-electron chi connectivity index (χ3n) is 5.26. The third-order valence-corrected chi connectivity index (χ3v) is 6.64. The van der Waals surface area contributed by atoms with Crippen molar-refractivity contribution in [1.29, 1.82) is 0 Å². The summed E-state index contributed by atoms with van der Waals surface area (Å²) in [5, 5.41) is 0.202. The molecule has 4 rings (SSSR count). The van der Waals surface area contributed by atoms with Crippen molar-refractivity contribution in [3.63, 3.8) is 0 Å². The van der Waals surface area contributed by atoms with Crippen LogP contribution in [0.15, 0.2) is 54.6 Å². The number of benzene rings is 3. The van der Waals surface area contributed by atoms with Crippen molar-refractivity contribution in [3.8, 4) is 5.75 Å². The van der Waals surface area contributed by atoms with Crippen LogP contribution in [0.2, 0.25) is 0 Å². The summed E-state index contributed by atoms with van der Waals surface area (Å²) < 4.78 is 54.2. The first kappa shape index (κ1) is 26.7. The summed E-state index contributed by atoms with van der Waals surface area (Å²) in [7, 11) is -4.34. The predicted octanol–water partition coefficient (Wildman–Crippen LogP) is 2.91. The molecule has 3 aromatic carbocycles. The van der Waals surface area contributed by atoms with Crippen LogP contribution in [-0.4, -0.2) is 38.5 Å². The van der Waals surface area contributed by atoms with Crippen molar-refractivity contribution in [3.05, 3.63) is 71.5 Å². The number of nitrogens with one attached hydrogen (secondary N) is 3. The van der Waals surface area contributed by atoms with Crippen LogP contribution in [-0.2, 0) is 26.3 Å². The summed E-state index contributed by atoms with van der Waals surface area (Å²) in [4.78, 5) is 36.3. The van der Waals surface area contributed by atoms with Gasteiger partial charge in [0, 0.05) is 10.9 Å². The smallest absolute Gasteiger partial charge is 0.426 e. The van der Waals surface area contributed by atoms with Crippen molar-refractivity contribution in [1.82, 2.24) is 15.6 Å². The summed E-state index contributed by atoms with van der Waals surface area (Å²) in [5.41, 5.74) is 3.94. The zero-order valence-electron chi connectivity index (χ0n) is 20.7. The Labute approximate surface area is 218 Å². The van der Waals surface area contributed by atoms with E-state index < -0.39 is 51.8 Å². The Hall–Kier alpha value is -4.39. The number of hydrogen-bond donors (Lipinski definition) is 3. The molecule has 0 radical (unpaired) electrons. The largest absolute Gasteiger partial charge is 0.487 e. The van der Waals surface area contributed by atoms with E-state index in [0.717, 1.165) is 5.56 Å². The Morgan fingerprint density at radius 3 is 2.42 bits per heavy atom. The van der Waals surface area contributed by atoms with Gasteiger partial charge in [-0.3, -0.25) is 15.0 Å². The van der Waals surface area contributed by atoms with Crippen LogP contribution in [0.5, 0.6) is 5.75 Å². The van der Waals surface area contributed by atoms with Gasteiger partial charge in [-0.05, 0) is 49.9 Å². The van der Waals surface area contributed by atoms with E-state index in [1.165, 1.54) is 24.3 Å². The van der Waals surface area contributed by atoms with Crippen LogP contribution in [0.25, 0.3) is 10.8 Å². The Morgan fingerprint density at radius 1 is 1.08 bits per heavy atom. The maximum absolute atomic E-state index is 15.8. The first-order valence-electron chi connectivity index (χ1n) is 11.4. The standard InChI is InChI=1S/C25H25FN4O7S/c1-25(2,3)37-24(33)28-27-23(32)16-9-10-18-17(11-16)12-19(36-14-15-7-5-4-6-8-15)22(21(18)26)30-13-20(31)29-38(30,34)35/h4-12H,13-14H2,1-3H3,(H,27,32)(H,28,33)(H,29,31). The lowest BCUT2D eigenvalue weighted by atomic mass is 10.0. The van der Waals surface area contributed by atoms with Gasteiger partial charge in [0.05, 0.1) is 0 Å². The van der Waals surface area contributed by atoms with E-state index in [1.54, 1.807) is 45.0 Å². The molecule has 1 fully saturated rings. The molecule has 1 aliphatic rings. The van der Waals surface area contributed by atoms with E-state index in [4.69, 9.17) is 9.47 Å². The number of ether oxygens (including phenoxy) is 2. The Morgan fingerprint density at radius 2 is 1.79 bits per heavy atom. The highest BCUT2D eigenvalue weighted by Gasteiger charge is 2.38. The van der Waals surface area contributed by atoms with E-state index in [2.05, 4.69) is 10.9 Å². The highest BCUT2D eigenvalue weighted by molar-refractivity contribution is 7.92. The van der Waals surface area contributed by atoms with E-state index in [0.29, 0.717) is 4.31 Å². The van der Waals surface area contributed by atoms with Crippen molar-refractivity contribution in [2.75, 3.05) is 10.8 Å². The Kier molecular flexibility index (Phi) is 7.14. The maximum Gasteiger partial charge on any atom is 0.426 e. The number of anilines is 1. The second kappa shape index (κ2) is 10.2. The molecule has 0 unspecified atom stereocenters. The van der Waals surface area contributed by atoms with Crippen molar-refractivity contribution in [2.45, 2.75) is 33.0 Å². The average molecular weight is 545 g/mol. The molecule has 3 aromatic rings. The van der Waals surface area contributed by atoms with Crippen LogP contribution < -0.4 is 24.6 Å². The van der Waals surface area contributed by atoms with E-state index in [-0.39, 0.29) is 28.7 Å². The van der Waals surface area contributed by atoms with Gasteiger partial charge in [-0.15, -0.1) is 0 Å². The number of nitrogens with zero attached hydrogens (tertiary/aromatic N) is 1. The number of halogens is 1. The summed E-state index contributed by atoms with van der Waals surface area (Å²) in [6.07, 6.45) is -0.867. The fourth-order valence-corrected chi connectivity index (χ4v) is 4.84. The second-order valence-electron chi connectivity index (χ2n) is 9.37. The number of carbonyl (C=O) groups excluding carboxylic acids is 3. The van der Waals surface area contributed by atoms with E-state index >= 15 is 4.39 Å². The highest BCUT2D eigenvalue weighted by Crippen LogP contribution is 2.39. The van der Waals surface area contributed by atoms with Crippen molar-refractivity contribution < 1.29 is 36.7 Å². The Balaban J connectivity index is 1.69. The number of carbonyl (C=O) groups is 3. The van der Waals surface area contributed by atoms with Crippen LogP contribution in [0.1, 0.15) is 36.7 Å². The van der Waals surface area contributed by atoms with Crippen LogP contribution >= 0.6 is 0 Å². The lowest BCUT2D eigenvalue weighted by molar-refractivity contribution is -0.117. The van der Waals surface area contributed by atoms with E-state index in [1.807, 2.05) is 10.8 Å². The first-order chi connectivity index (χ1) is 17.8. The number of fused-ring (bicyclic) bond motifs is 1. The molecule has 200 valence electrons. The van der Waals surface area contributed by atoms with Gasteiger partial charge in [-0.1, -0.05) is 36.4 Å². The zero-order chi connectivity index (χ0) is 27.7. The highest BCUT2D eigenvalue weighted by atomic mass is 32.2. The van der Waals surface area contributed by atoms with Crippen LogP contribution in [0.4, 0.5) is 14.9 Å². The van der Waals surface area contributed by atoms with Gasteiger partial charge in [0.1, 0.15) is 30.2 Å². The molecule has 11 nitrogen and oxygen atoms in total. The van der Waals surface area contributed by atoms with Gasteiger partial charge in [-0.2, -0.15) is 8.42 Å². The molecule has 0 spiro atoms. The molecule has 1 saturated heterocycles. The van der Waals surface area contributed by atoms with Crippen molar-refractivity contribution >= 4 is 44.6 Å². The normalized spacial score (nSPS) is 14.6. The lowest BCUT2D eigenvalue weighted by Gasteiger charge is -2.21. The van der Waals surface area contributed by atoms with Gasteiger partial charge >= 0.3 is 16.3 Å². The molecule has 0 saturated carbocycles. The van der Waals surface area contributed by atoms with Gasteiger partial charge in [-0.25, -0.2) is 23.6 Å². The summed E-state index contributed by atoms with van der Waals surface area (Å²) >= 11 is 0. The van der Waals surface area contributed by atoms with Crippen LogP contribution in [0, 0.1) is 5.82 Å². The lowest BCUT2D eigenvalue weighted by Crippen LogP contribution is -2.44. The molecular formula is C25H25FN4O7S. The molecule has 3 amide bonds. The number of amides is 3. The zero-order valence-corrected chi connectivity index (χ0v) is 21.5. The molecule has 1 heterocycles. The first-order valence-corrected chi connectivity index (χ1v) is 12.8. The maximum atomic E-state index is 15.8. The molecule has 0 bridgehead atoms. The minimum Gasteiger partial charge on any atom is -0.487 e. The van der Waals surface area contributed by atoms with Gasteiger partial charge in [0.25, 0.3) is 11.8 Å². The average Bonchev–Trinajstić information content (AvgIpc) is 3.11. The fourth-order valence-electron chi connectivity index (χ4n) is 3.68. The Bertz CT molecular complexity index is 1520. The monoisotopic (exact) mass is 544 g/mol. The molecule has 3 N–H and O–H groups in total. The fraction of sp³-hybridized carbons (Fsp3) is 0.240. The van der Waals surface area contributed by atoms with Gasteiger partial charge in [0.15, 0.2) is 5.82 Å². The molecule has 0 aromatic heterocycles. The molecule has 0 atom stereocenters. The molecule has 1 aliphatic heterocycles. The number of hydrogen-bond acceptors (Lipinski definition) is 7. The molecule has 38 heavy (non-hydrogen) atoms. The SMILES string of the molecule is CC(C)(C)OC(=O)NNC(=O)c1ccc2c(F)c(N3CC(=O)NS3(=O)=O)c(OCc3ccccc3)cc2c1. The number of rotatable bonds is 5. The van der Waals surface area contributed by atoms with Gasteiger partial charge in [0.2, 0.25) is 0 Å². The predicted molar refractivity (Wildman–Crippen MR) is 136 cm³/mol. The minimum absolute atomic E-state index is 0.0155. The van der Waals surface area contributed by atoms with Crippen LogP contribution in [0.3, 0.4) is 0 Å². The second-order valence-corrected chi connectivity index (χ2v) is 11.0. The van der Waals surface area contributed by atoms with E-state index in [9.17, 15) is 22.8 Å². The number of hydrazine groups is 1. The molecular weight excluding hydrogens is 519 g/mol. The minimum atomic E-state index is -4.34. The molecule has 13 heteroatoms. The van der Waals surface area contributed by atoms with Crippen molar-refractivity contribution in [2.24, 2.45) is 0 Å².